The van der Waals surface area contributed by atoms with Gasteiger partial charge in [-0.15, -0.1) is 10.2 Å². The van der Waals surface area contributed by atoms with Crippen LogP contribution >= 0.6 is 0 Å². The van der Waals surface area contributed by atoms with E-state index in [1.807, 2.05) is 0 Å². The largest absolute Gasteiger partial charge is 0.486 e. The summed E-state index contributed by atoms with van der Waals surface area (Å²) in [6, 6.07) is 13.2. The molecule has 31 heavy (non-hydrogen) atoms. The fraction of sp³-hybridized carbons (Fsp3) is 0.143. The van der Waals surface area contributed by atoms with Crippen LogP contribution in [-0.2, 0) is 12.8 Å². The van der Waals surface area contributed by atoms with Crippen LogP contribution in [0.3, 0.4) is 0 Å². The third kappa shape index (κ3) is 3.91. The Morgan fingerprint density at radius 2 is 1.71 bits per heavy atom. The van der Waals surface area contributed by atoms with Gasteiger partial charge in [0.25, 0.3) is 5.89 Å². The lowest BCUT2D eigenvalue weighted by Crippen LogP contribution is -2.04. The molecule has 0 unspecified atom stereocenters. The standard InChI is InChI=1S/C21H13F3N2O5/c22-21(23,24)13-3-1-2-12(8-13)19-25-26-20(31-19)17-7-5-15(30-17)10-27-14-4-6-16-18(9-14)29-11-28-16/h1-9H,10-11H2. The van der Waals surface area contributed by atoms with Crippen molar-refractivity contribution in [3.05, 3.63) is 65.9 Å². The predicted octanol–water partition coefficient (Wildman–Crippen LogP) is 5.32. The van der Waals surface area contributed by atoms with Crippen molar-refractivity contribution < 1.29 is 36.2 Å². The van der Waals surface area contributed by atoms with Crippen LogP contribution in [0.15, 0.2) is 63.4 Å². The van der Waals surface area contributed by atoms with E-state index in [-0.39, 0.29) is 36.5 Å². The van der Waals surface area contributed by atoms with Crippen LogP contribution in [-0.4, -0.2) is 17.0 Å². The van der Waals surface area contributed by atoms with Gasteiger partial charge in [-0.25, -0.2) is 0 Å². The maximum atomic E-state index is 12.9. The quantitative estimate of drug-likeness (QED) is 0.424. The van der Waals surface area contributed by atoms with Gasteiger partial charge in [-0.2, -0.15) is 13.2 Å². The van der Waals surface area contributed by atoms with Crippen molar-refractivity contribution in [2.24, 2.45) is 0 Å². The highest BCUT2D eigenvalue weighted by molar-refractivity contribution is 5.56. The minimum absolute atomic E-state index is 0.0433. The first kappa shape index (κ1) is 19.0. The number of fused-ring (bicyclic) bond motifs is 1. The van der Waals surface area contributed by atoms with E-state index in [1.54, 1.807) is 30.3 Å². The Morgan fingerprint density at radius 1 is 0.871 bits per heavy atom. The zero-order valence-corrected chi connectivity index (χ0v) is 15.7. The van der Waals surface area contributed by atoms with Gasteiger partial charge in [0.05, 0.1) is 5.56 Å². The number of alkyl halides is 3. The number of ether oxygens (including phenoxy) is 3. The molecule has 5 rings (SSSR count). The van der Waals surface area contributed by atoms with Gasteiger partial charge >= 0.3 is 6.18 Å². The van der Waals surface area contributed by atoms with Crippen molar-refractivity contribution in [3.8, 4) is 40.4 Å². The summed E-state index contributed by atoms with van der Waals surface area (Å²) in [7, 11) is 0. The van der Waals surface area contributed by atoms with E-state index in [9.17, 15) is 13.2 Å². The molecule has 0 aliphatic carbocycles. The molecule has 0 bridgehead atoms. The van der Waals surface area contributed by atoms with Gasteiger partial charge in [0, 0.05) is 11.6 Å². The van der Waals surface area contributed by atoms with Gasteiger partial charge in [0.2, 0.25) is 12.7 Å². The first-order chi connectivity index (χ1) is 15.0. The lowest BCUT2D eigenvalue weighted by atomic mass is 10.1. The summed E-state index contributed by atoms with van der Waals surface area (Å²) >= 11 is 0. The second-order valence-corrected chi connectivity index (χ2v) is 6.56. The van der Waals surface area contributed by atoms with Gasteiger partial charge in [0.15, 0.2) is 17.3 Å². The Balaban J connectivity index is 1.29. The first-order valence-corrected chi connectivity index (χ1v) is 9.08. The molecule has 1 aliphatic rings. The molecule has 158 valence electrons. The van der Waals surface area contributed by atoms with Crippen LogP contribution < -0.4 is 14.2 Å². The van der Waals surface area contributed by atoms with Crippen LogP contribution in [0, 0.1) is 0 Å². The minimum atomic E-state index is -4.47. The van der Waals surface area contributed by atoms with E-state index in [0.717, 1.165) is 12.1 Å². The SMILES string of the molecule is FC(F)(F)c1cccc(-c2nnc(-c3ccc(COc4ccc5c(c4)OCO5)o3)o2)c1. The Labute approximate surface area is 173 Å². The summed E-state index contributed by atoms with van der Waals surface area (Å²) in [6.07, 6.45) is -4.47. The number of rotatable bonds is 5. The molecule has 3 heterocycles. The number of halogens is 3. The smallest absolute Gasteiger partial charge is 0.416 e. The normalized spacial score (nSPS) is 12.9. The highest BCUT2D eigenvalue weighted by Gasteiger charge is 2.31. The van der Waals surface area contributed by atoms with Gasteiger partial charge in [-0.05, 0) is 42.5 Å². The highest BCUT2D eigenvalue weighted by atomic mass is 19.4. The maximum Gasteiger partial charge on any atom is 0.416 e. The Bertz CT molecular complexity index is 1230. The Hall–Kier alpha value is -3.95. The minimum Gasteiger partial charge on any atom is -0.486 e. The zero-order chi connectivity index (χ0) is 21.4. The number of aromatic nitrogens is 2. The van der Waals surface area contributed by atoms with E-state index in [0.29, 0.717) is 23.0 Å². The molecule has 0 saturated carbocycles. The van der Waals surface area contributed by atoms with Crippen molar-refractivity contribution in [3.63, 3.8) is 0 Å². The predicted molar refractivity (Wildman–Crippen MR) is 99.3 cm³/mol. The first-order valence-electron chi connectivity index (χ1n) is 9.08. The van der Waals surface area contributed by atoms with Crippen molar-refractivity contribution in [2.75, 3.05) is 6.79 Å². The van der Waals surface area contributed by atoms with Crippen LogP contribution in [0.25, 0.3) is 23.1 Å². The van der Waals surface area contributed by atoms with Gasteiger partial charge < -0.3 is 23.0 Å². The molecular formula is C21H13F3N2O5. The van der Waals surface area contributed by atoms with E-state index >= 15 is 0 Å². The fourth-order valence-corrected chi connectivity index (χ4v) is 2.96. The molecule has 2 aromatic carbocycles. The molecule has 0 fully saturated rings. The molecule has 10 heteroatoms. The topological polar surface area (TPSA) is 79.8 Å². The summed E-state index contributed by atoms with van der Waals surface area (Å²) in [5.74, 6) is 2.59. The van der Waals surface area contributed by atoms with Crippen molar-refractivity contribution in [1.29, 1.82) is 0 Å². The van der Waals surface area contributed by atoms with Crippen LogP contribution in [0.2, 0.25) is 0 Å². The molecule has 0 spiro atoms. The summed E-state index contributed by atoms with van der Waals surface area (Å²) < 4.78 is 66.1. The van der Waals surface area contributed by atoms with Gasteiger partial charge in [0.1, 0.15) is 18.1 Å². The van der Waals surface area contributed by atoms with Crippen molar-refractivity contribution in [2.45, 2.75) is 12.8 Å². The molecule has 4 aromatic rings. The molecule has 0 radical (unpaired) electrons. The number of nitrogens with zero attached hydrogens (tertiary/aromatic N) is 2. The molecule has 1 aliphatic heterocycles. The van der Waals surface area contributed by atoms with Crippen LogP contribution in [0.5, 0.6) is 17.2 Å². The van der Waals surface area contributed by atoms with E-state index in [1.165, 1.54) is 12.1 Å². The average Bonchev–Trinajstić information content (AvgIpc) is 3.51. The van der Waals surface area contributed by atoms with Crippen molar-refractivity contribution in [1.82, 2.24) is 10.2 Å². The van der Waals surface area contributed by atoms with Crippen LogP contribution in [0.1, 0.15) is 11.3 Å². The second-order valence-electron chi connectivity index (χ2n) is 6.56. The number of hydrogen-bond donors (Lipinski definition) is 0. The lowest BCUT2D eigenvalue weighted by molar-refractivity contribution is -0.137. The molecule has 0 N–H and O–H groups in total. The summed E-state index contributed by atoms with van der Waals surface area (Å²) in [5, 5.41) is 7.68. The monoisotopic (exact) mass is 430 g/mol. The van der Waals surface area contributed by atoms with E-state index in [4.69, 9.17) is 23.0 Å². The lowest BCUT2D eigenvalue weighted by Gasteiger charge is -2.06. The third-order valence-corrected chi connectivity index (χ3v) is 4.46. The number of benzene rings is 2. The molecule has 0 atom stereocenters. The average molecular weight is 430 g/mol. The highest BCUT2D eigenvalue weighted by Crippen LogP contribution is 2.36. The van der Waals surface area contributed by atoms with Crippen molar-refractivity contribution >= 4 is 0 Å². The summed E-state index contributed by atoms with van der Waals surface area (Å²) in [4.78, 5) is 0. The molecule has 2 aromatic heterocycles. The van der Waals surface area contributed by atoms with E-state index in [2.05, 4.69) is 10.2 Å². The molecule has 0 saturated heterocycles. The number of furan rings is 1. The molecule has 0 amide bonds. The van der Waals surface area contributed by atoms with Crippen LogP contribution in [0.4, 0.5) is 13.2 Å². The Morgan fingerprint density at radius 3 is 2.58 bits per heavy atom. The second kappa shape index (κ2) is 7.38. The fourth-order valence-electron chi connectivity index (χ4n) is 2.96. The summed E-state index contributed by atoms with van der Waals surface area (Å²) in [5.41, 5.74) is -0.641. The maximum absolute atomic E-state index is 12.9. The third-order valence-electron chi connectivity index (χ3n) is 4.46. The Kier molecular flexibility index (Phi) is 4.54. The van der Waals surface area contributed by atoms with Gasteiger partial charge in [-0.1, -0.05) is 6.07 Å². The zero-order valence-electron chi connectivity index (χ0n) is 15.7. The molecule has 7 nitrogen and oxygen atoms in total. The van der Waals surface area contributed by atoms with Gasteiger partial charge in [-0.3, -0.25) is 0 Å². The summed E-state index contributed by atoms with van der Waals surface area (Å²) in [6.45, 7) is 0.307. The number of hydrogen-bond acceptors (Lipinski definition) is 7. The van der Waals surface area contributed by atoms with E-state index < -0.39 is 11.7 Å². The molecular weight excluding hydrogens is 417 g/mol.